The zero-order valence-corrected chi connectivity index (χ0v) is 10.6. The molecule has 1 amide bonds. The minimum Gasteiger partial charge on any atom is -0.548 e. The van der Waals surface area contributed by atoms with Crippen molar-refractivity contribution in [2.45, 2.75) is 51.7 Å². The lowest BCUT2D eigenvalue weighted by molar-refractivity contribution is -0.307. The van der Waals surface area contributed by atoms with Crippen LogP contribution in [-0.4, -0.2) is 30.3 Å². The molecule has 0 unspecified atom stereocenters. The van der Waals surface area contributed by atoms with E-state index < -0.39 is 23.7 Å². The highest BCUT2D eigenvalue weighted by Crippen LogP contribution is 2.06. The summed E-state index contributed by atoms with van der Waals surface area (Å²) in [7, 11) is 0. The van der Waals surface area contributed by atoms with Crippen LogP contribution in [0, 0.1) is 0 Å². The second-order valence-corrected chi connectivity index (χ2v) is 4.85. The van der Waals surface area contributed by atoms with Crippen molar-refractivity contribution < 1.29 is 19.4 Å². The van der Waals surface area contributed by atoms with Crippen molar-refractivity contribution in [3.8, 4) is 0 Å². The van der Waals surface area contributed by atoms with E-state index in [0.717, 1.165) is 0 Å². The van der Waals surface area contributed by atoms with E-state index in [1.807, 2.05) is 0 Å². The number of amides is 1. The van der Waals surface area contributed by atoms with E-state index in [1.54, 1.807) is 20.8 Å². The van der Waals surface area contributed by atoms with Crippen molar-refractivity contribution in [1.82, 2.24) is 5.32 Å². The minimum absolute atomic E-state index is 0.346. The Hall–Kier alpha value is -1.30. The Morgan fingerprint density at radius 3 is 2.41 bits per heavy atom. The first kappa shape index (κ1) is 15.7. The lowest BCUT2D eigenvalue weighted by Crippen LogP contribution is -2.41. The van der Waals surface area contributed by atoms with Gasteiger partial charge in [-0.15, -0.1) is 0 Å². The highest BCUT2D eigenvalue weighted by atomic mass is 16.6. The number of ether oxygens (including phenoxy) is 1. The predicted molar refractivity (Wildman–Crippen MR) is 61.1 cm³/mol. The molecule has 0 heterocycles. The van der Waals surface area contributed by atoms with E-state index >= 15 is 0 Å². The molecule has 0 aliphatic rings. The first-order chi connectivity index (χ1) is 7.72. The third-order valence-electron chi connectivity index (χ3n) is 1.91. The summed E-state index contributed by atoms with van der Waals surface area (Å²) in [5.41, 5.74) is 4.76. The number of alkyl carbamates (subject to hydrolysis) is 1. The molecule has 0 saturated heterocycles. The van der Waals surface area contributed by atoms with Gasteiger partial charge in [0, 0.05) is 12.6 Å². The fourth-order valence-electron chi connectivity index (χ4n) is 1.11. The van der Waals surface area contributed by atoms with Crippen molar-refractivity contribution in [3.63, 3.8) is 0 Å². The summed E-state index contributed by atoms with van der Waals surface area (Å²) in [5, 5.41) is 12.9. The number of carbonyl (C=O) groups is 2. The summed E-state index contributed by atoms with van der Waals surface area (Å²) >= 11 is 0. The van der Waals surface area contributed by atoms with E-state index in [2.05, 4.69) is 5.32 Å². The van der Waals surface area contributed by atoms with E-state index in [0.29, 0.717) is 25.8 Å². The van der Waals surface area contributed by atoms with Gasteiger partial charge in [0.15, 0.2) is 0 Å². The molecule has 0 aliphatic carbocycles. The van der Waals surface area contributed by atoms with Crippen LogP contribution in [0.25, 0.3) is 0 Å². The SMILES string of the molecule is CC(C)(C)OC(=O)NCCCC[C@H](N)C(=O)[O-]. The van der Waals surface area contributed by atoms with Gasteiger partial charge in [-0.25, -0.2) is 4.79 Å². The standard InChI is InChI=1S/C11H22N2O4/c1-11(2,3)17-10(16)13-7-5-4-6-8(12)9(14)15/h8H,4-7,12H2,1-3H3,(H,13,16)(H,14,15)/p-1/t8-/m0/s1. The Kier molecular flexibility index (Phi) is 6.57. The Labute approximate surface area is 102 Å². The summed E-state index contributed by atoms with van der Waals surface area (Å²) in [6.45, 7) is 5.79. The molecule has 100 valence electrons. The number of unbranched alkanes of at least 4 members (excludes halogenated alkanes) is 1. The fourth-order valence-corrected chi connectivity index (χ4v) is 1.11. The molecule has 6 nitrogen and oxygen atoms in total. The van der Waals surface area contributed by atoms with Gasteiger partial charge in [0.05, 0.1) is 5.97 Å². The van der Waals surface area contributed by atoms with Crippen molar-refractivity contribution in [3.05, 3.63) is 0 Å². The van der Waals surface area contributed by atoms with Crippen molar-refractivity contribution in [1.29, 1.82) is 0 Å². The third-order valence-corrected chi connectivity index (χ3v) is 1.91. The van der Waals surface area contributed by atoms with Crippen LogP contribution in [-0.2, 0) is 9.53 Å². The summed E-state index contributed by atoms with van der Waals surface area (Å²) < 4.78 is 5.02. The van der Waals surface area contributed by atoms with E-state index in [-0.39, 0.29) is 0 Å². The number of hydrogen-bond acceptors (Lipinski definition) is 5. The second-order valence-electron chi connectivity index (χ2n) is 4.85. The Morgan fingerprint density at radius 1 is 1.35 bits per heavy atom. The number of carboxylic acids is 1. The summed E-state index contributed by atoms with van der Waals surface area (Å²) in [4.78, 5) is 21.5. The lowest BCUT2D eigenvalue weighted by atomic mass is 10.1. The first-order valence-electron chi connectivity index (χ1n) is 5.65. The smallest absolute Gasteiger partial charge is 0.407 e. The van der Waals surface area contributed by atoms with Gasteiger partial charge >= 0.3 is 6.09 Å². The van der Waals surface area contributed by atoms with E-state index in [4.69, 9.17) is 10.5 Å². The summed E-state index contributed by atoms with van der Waals surface area (Å²) in [6.07, 6.45) is 1.14. The molecule has 0 spiro atoms. The maximum absolute atomic E-state index is 11.2. The van der Waals surface area contributed by atoms with Crippen LogP contribution in [0.2, 0.25) is 0 Å². The van der Waals surface area contributed by atoms with Crippen LogP contribution in [0.1, 0.15) is 40.0 Å². The Bertz CT molecular complexity index is 261. The molecule has 0 saturated carbocycles. The molecule has 3 N–H and O–H groups in total. The number of carboxylic acid groups (broad SMARTS) is 1. The molecule has 6 heteroatoms. The first-order valence-corrected chi connectivity index (χ1v) is 5.65. The van der Waals surface area contributed by atoms with Gasteiger partial charge in [-0.3, -0.25) is 0 Å². The molecular formula is C11H21N2O4-. The molecule has 0 rings (SSSR count). The molecule has 0 aliphatic heterocycles. The normalized spacial score (nSPS) is 12.9. The minimum atomic E-state index is -1.25. The quantitative estimate of drug-likeness (QED) is 0.628. The topological polar surface area (TPSA) is 104 Å². The van der Waals surface area contributed by atoms with Crippen LogP contribution in [0.4, 0.5) is 4.79 Å². The fraction of sp³-hybridized carbons (Fsp3) is 0.818. The van der Waals surface area contributed by atoms with Crippen molar-refractivity contribution in [2.24, 2.45) is 5.73 Å². The van der Waals surface area contributed by atoms with Crippen LogP contribution < -0.4 is 16.2 Å². The summed E-state index contributed by atoms with van der Waals surface area (Å²) in [5.74, 6) is -1.25. The molecule has 0 aromatic rings. The Balaban J connectivity index is 3.52. The number of nitrogens with two attached hydrogens (primary N) is 1. The third kappa shape index (κ3) is 9.62. The highest BCUT2D eigenvalue weighted by molar-refractivity contribution is 5.70. The predicted octanol–water partition coefficient (Wildman–Crippen LogP) is -0.241. The monoisotopic (exact) mass is 245 g/mol. The van der Waals surface area contributed by atoms with E-state index in [9.17, 15) is 14.7 Å². The Morgan fingerprint density at radius 2 is 1.94 bits per heavy atom. The van der Waals surface area contributed by atoms with E-state index in [1.165, 1.54) is 0 Å². The lowest BCUT2D eigenvalue weighted by Gasteiger charge is -2.19. The van der Waals surface area contributed by atoms with Gasteiger partial charge in [-0.2, -0.15) is 0 Å². The largest absolute Gasteiger partial charge is 0.548 e. The molecule has 17 heavy (non-hydrogen) atoms. The van der Waals surface area contributed by atoms with Crippen LogP contribution in [0.5, 0.6) is 0 Å². The molecule has 0 fully saturated rings. The highest BCUT2D eigenvalue weighted by Gasteiger charge is 2.15. The van der Waals surface area contributed by atoms with Gasteiger partial charge in [-0.05, 0) is 40.0 Å². The molecular weight excluding hydrogens is 224 g/mol. The van der Waals surface area contributed by atoms with Crippen LogP contribution in [0.15, 0.2) is 0 Å². The molecule has 0 aromatic heterocycles. The zero-order valence-electron chi connectivity index (χ0n) is 10.6. The maximum Gasteiger partial charge on any atom is 0.407 e. The van der Waals surface area contributed by atoms with Gasteiger partial charge in [0.25, 0.3) is 0 Å². The average Bonchev–Trinajstić information content (AvgIpc) is 2.13. The molecule has 0 radical (unpaired) electrons. The van der Waals surface area contributed by atoms with Crippen LogP contribution >= 0.6 is 0 Å². The summed E-state index contributed by atoms with van der Waals surface area (Å²) in [6, 6.07) is -0.934. The zero-order chi connectivity index (χ0) is 13.5. The number of carbonyl (C=O) groups excluding carboxylic acids is 2. The second kappa shape index (κ2) is 7.11. The number of hydrogen-bond donors (Lipinski definition) is 2. The van der Waals surface area contributed by atoms with Crippen molar-refractivity contribution >= 4 is 12.1 Å². The van der Waals surface area contributed by atoms with Gasteiger partial charge in [-0.1, -0.05) is 0 Å². The molecule has 0 aromatic carbocycles. The van der Waals surface area contributed by atoms with Crippen molar-refractivity contribution in [2.75, 3.05) is 6.54 Å². The van der Waals surface area contributed by atoms with Gasteiger partial charge in [0.2, 0.25) is 0 Å². The van der Waals surface area contributed by atoms with Gasteiger partial charge in [0.1, 0.15) is 5.60 Å². The molecule has 1 atom stereocenters. The number of rotatable bonds is 6. The van der Waals surface area contributed by atoms with Crippen LogP contribution in [0.3, 0.4) is 0 Å². The number of aliphatic carboxylic acids is 1. The van der Waals surface area contributed by atoms with Gasteiger partial charge < -0.3 is 25.7 Å². The average molecular weight is 245 g/mol. The number of nitrogens with one attached hydrogen (secondary N) is 1. The molecule has 0 bridgehead atoms. The maximum atomic E-state index is 11.2.